The van der Waals surface area contributed by atoms with Gasteiger partial charge in [-0.2, -0.15) is 0 Å². The molecule has 0 N–H and O–H groups in total. The number of amides is 1. The van der Waals surface area contributed by atoms with Crippen molar-refractivity contribution in [1.82, 2.24) is 4.90 Å². The normalized spacial score (nSPS) is 39.6. The van der Waals surface area contributed by atoms with Crippen LogP contribution in [-0.2, 0) is 14.3 Å². The van der Waals surface area contributed by atoms with Crippen LogP contribution in [0.5, 0.6) is 0 Å². The summed E-state index contributed by atoms with van der Waals surface area (Å²) in [4.78, 5) is 24.9. The summed E-state index contributed by atoms with van der Waals surface area (Å²) >= 11 is 0. The molecule has 0 aromatic heterocycles. The van der Waals surface area contributed by atoms with E-state index in [1.165, 1.54) is 6.08 Å². The van der Waals surface area contributed by atoms with Gasteiger partial charge in [0.25, 0.3) is 0 Å². The van der Waals surface area contributed by atoms with Gasteiger partial charge in [0, 0.05) is 24.0 Å². The molecule has 3 aliphatic rings. The second-order valence-electron chi connectivity index (χ2n) is 5.44. The zero-order valence-electron chi connectivity index (χ0n) is 9.53. The summed E-state index contributed by atoms with van der Waals surface area (Å²) in [6.45, 7) is 4.68. The van der Waals surface area contributed by atoms with Crippen molar-refractivity contribution in [3.8, 4) is 0 Å². The molecule has 2 saturated heterocycles. The molecule has 0 aliphatic carbocycles. The molecule has 0 bridgehead atoms. The molecule has 0 aromatic carbocycles. The molecule has 2 atom stereocenters. The van der Waals surface area contributed by atoms with Gasteiger partial charge in [0.2, 0.25) is 5.91 Å². The number of hydrogen-bond acceptors (Lipinski definition) is 3. The quantitative estimate of drug-likeness (QED) is 0.570. The lowest BCUT2D eigenvalue weighted by Gasteiger charge is -2.36. The van der Waals surface area contributed by atoms with Crippen LogP contribution < -0.4 is 0 Å². The highest BCUT2D eigenvalue weighted by molar-refractivity contribution is 5.86. The summed E-state index contributed by atoms with van der Waals surface area (Å²) < 4.78 is 5.47. The Bertz CT molecular complexity index is 412. The first-order valence-electron chi connectivity index (χ1n) is 5.68. The van der Waals surface area contributed by atoms with Gasteiger partial charge in [-0.1, -0.05) is 13.8 Å². The van der Waals surface area contributed by atoms with E-state index in [4.69, 9.17) is 4.74 Å². The fourth-order valence-corrected chi connectivity index (χ4v) is 3.30. The van der Waals surface area contributed by atoms with Crippen molar-refractivity contribution < 1.29 is 14.3 Å². The molecule has 86 valence electrons. The molecule has 2 unspecified atom stereocenters. The molecular weight excluding hydrogens is 206 g/mol. The van der Waals surface area contributed by atoms with Gasteiger partial charge < -0.3 is 9.64 Å². The number of fused-ring (bicyclic) bond motifs is 1. The molecular formula is C12H15NO3. The predicted octanol–water partition coefficient (Wildman–Crippen LogP) is 0.869. The van der Waals surface area contributed by atoms with Crippen LogP contribution in [0, 0.1) is 5.41 Å². The van der Waals surface area contributed by atoms with E-state index in [1.54, 1.807) is 0 Å². The molecule has 3 rings (SSSR count). The smallest absolute Gasteiger partial charge is 0.331 e. The fourth-order valence-electron chi connectivity index (χ4n) is 3.30. The predicted molar refractivity (Wildman–Crippen MR) is 56.5 cm³/mol. The van der Waals surface area contributed by atoms with Gasteiger partial charge in [-0.3, -0.25) is 4.79 Å². The van der Waals surface area contributed by atoms with Crippen LogP contribution in [0.15, 0.2) is 12.2 Å². The summed E-state index contributed by atoms with van der Waals surface area (Å²) in [7, 11) is 0. The van der Waals surface area contributed by atoms with Crippen LogP contribution in [-0.4, -0.2) is 35.0 Å². The lowest BCUT2D eigenvalue weighted by Crippen LogP contribution is -2.45. The first-order valence-corrected chi connectivity index (χ1v) is 5.68. The number of carbonyl (C=O) groups excluding carboxylic acids is 2. The van der Waals surface area contributed by atoms with E-state index >= 15 is 0 Å². The molecule has 4 nitrogen and oxygen atoms in total. The minimum Gasteiger partial charge on any atom is -0.449 e. The molecule has 16 heavy (non-hydrogen) atoms. The van der Waals surface area contributed by atoms with E-state index in [2.05, 4.69) is 13.8 Å². The second kappa shape index (κ2) is 2.67. The van der Waals surface area contributed by atoms with Gasteiger partial charge in [0.15, 0.2) is 5.60 Å². The molecule has 3 heterocycles. The molecule has 4 heteroatoms. The highest BCUT2D eigenvalue weighted by Crippen LogP contribution is 2.52. The number of hydrogen-bond donors (Lipinski definition) is 0. The van der Waals surface area contributed by atoms with Crippen molar-refractivity contribution in [2.75, 3.05) is 6.54 Å². The highest BCUT2D eigenvalue weighted by Gasteiger charge is 2.63. The maximum atomic E-state index is 11.7. The molecule has 0 saturated carbocycles. The van der Waals surface area contributed by atoms with E-state index in [0.29, 0.717) is 13.0 Å². The number of esters is 1. The Morgan fingerprint density at radius 1 is 1.44 bits per heavy atom. The van der Waals surface area contributed by atoms with Crippen LogP contribution in [0.1, 0.15) is 26.7 Å². The summed E-state index contributed by atoms with van der Waals surface area (Å²) in [6, 6.07) is 0.204. The summed E-state index contributed by atoms with van der Waals surface area (Å²) in [6.07, 6.45) is 4.82. The Kier molecular flexibility index (Phi) is 1.65. The largest absolute Gasteiger partial charge is 0.449 e. The topological polar surface area (TPSA) is 46.6 Å². The third kappa shape index (κ3) is 0.950. The van der Waals surface area contributed by atoms with Crippen LogP contribution in [0.2, 0.25) is 0 Å². The minimum absolute atomic E-state index is 0.186. The van der Waals surface area contributed by atoms with Crippen molar-refractivity contribution in [3.63, 3.8) is 0 Å². The average molecular weight is 221 g/mol. The monoisotopic (exact) mass is 221 g/mol. The molecule has 1 spiro atoms. The number of rotatable bonds is 0. The van der Waals surface area contributed by atoms with Crippen molar-refractivity contribution in [3.05, 3.63) is 12.2 Å². The summed E-state index contributed by atoms with van der Waals surface area (Å²) in [5, 5.41) is 0. The van der Waals surface area contributed by atoms with Crippen molar-refractivity contribution in [1.29, 1.82) is 0 Å². The van der Waals surface area contributed by atoms with Gasteiger partial charge in [0.1, 0.15) is 0 Å². The fraction of sp³-hybridized carbons (Fsp3) is 0.667. The van der Waals surface area contributed by atoms with E-state index in [9.17, 15) is 9.59 Å². The van der Waals surface area contributed by atoms with Crippen molar-refractivity contribution in [2.45, 2.75) is 38.3 Å². The van der Waals surface area contributed by atoms with Gasteiger partial charge in [0.05, 0.1) is 6.54 Å². The lowest BCUT2D eigenvalue weighted by molar-refractivity contribution is -0.152. The Balaban J connectivity index is 2.02. The Hall–Kier alpha value is -1.32. The number of ether oxygens (including phenoxy) is 1. The van der Waals surface area contributed by atoms with E-state index in [0.717, 1.165) is 6.42 Å². The van der Waals surface area contributed by atoms with Crippen LogP contribution in [0.3, 0.4) is 0 Å². The maximum Gasteiger partial charge on any atom is 0.331 e. The zero-order chi connectivity index (χ0) is 11.6. The van der Waals surface area contributed by atoms with Crippen molar-refractivity contribution >= 4 is 11.9 Å². The zero-order valence-corrected chi connectivity index (χ0v) is 9.53. The van der Waals surface area contributed by atoms with E-state index in [-0.39, 0.29) is 23.3 Å². The first-order chi connectivity index (χ1) is 7.46. The maximum absolute atomic E-state index is 11.7. The summed E-state index contributed by atoms with van der Waals surface area (Å²) in [5.74, 6) is -0.104. The molecule has 0 radical (unpaired) electrons. The third-order valence-corrected chi connectivity index (χ3v) is 4.43. The average Bonchev–Trinajstić information content (AvgIpc) is 2.79. The lowest BCUT2D eigenvalue weighted by atomic mass is 9.72. The van der Waals surface area contributed by atoms with Gasteiger partial charge >= 0.3 is 5.97 Å². The first kappa shape index (κ1) is 9.87. The van der Waals surface area contributed by atoms with Crippen molar-refractivity contribution in [2.24, 2.45) is 5.41 Å². The Morgan fingerprint density at radius 3 is 2.75 bits per heavy atom. The van der Waals surface area contributed by atoms with Crippen LogP contribution in [0.25, 0.3) is 0 Å². The van der Waals surface area contributed by atoms with Crippen LogP contribution in [0.4, 0.5) is 0 Å². The Labute approximate surface area is 94.2 Å². The minimum atomic E-state index is -0.592. The van der Waals surface area contributed by atoms with Gasteiger partial charge in [-0.05, 0) is 12.5 Å². The second-order valence-corrected chi connectivity index (χ2v) is 5.44. The SMILES string of the molecule is CC1(C)C2CCC(=O)N2CC12C=CC(=O)O2. The molecule has 0 aromatic rings. The number of nitrogens with zero attached hydrogens (tertiary/aromatic N) is 1. The van der Waals surface area contributed by atoms with Gasteiger partial charge in [-0.25, -0.2) is 4.79 Å². The highest BCUT2D eigenvalue weighted by atomic mass is 16.6. The number of carbonyl (C=O) groups is 2. The summed E-state index contributed by atoms with van der Waals surface area (Å²) in [5.41, 5.74) is -0.785. The molecule has 2 fully saturated rings. The third-order valence-electron chi connectivity index (χ3n) is 4.43. The van der Waals surface area contributed by atoms with Gasteiger partial charge in [-0.15, -0.1) is 0 Å². The van der Waals surface area contributed by atoms with Crippen LogP contribution >= 0.6 is 0 Å². The van der Waals surface area contributed by atoms with E-state index < -0.39 is 5.60 Å². The molecule has 1 amide bonds. The Morgan fingerprint density at radius 2 is 2.19 bits per heavy atom. The molecule has 3 aliphatic heterocycles. The van der Waals surface area contributed by atoms with E-state index in [1.807, 2.05) is 11.0 Å². The standard InChI is InChI=1S/C12H15NO3/c1-11(2)8-3-4-9(14)13(8)7-12(11)6-5-10(15)16-12/h5-6,8H,3-4,7H2,1-2H3.